The highest BCUT2D eigenvalue weighted by Crippen LogP contribution is 2.24. The van der Waals surface area contributed by atoms with Crippen molar-refractivity contribution in [1.29, 1.82) is 0 Å². The number of carbonyl (C=O) groups is 4. The molecular weight excluding hydrogens is 444 g/mol. The summed E-state index contributed by atoms with van der Waals surface area (Å²) >= 11 is 0.950. The van der Waals surface area contributed by atoms with Crippen molar-refractivity contribution in [2.75, 3.05) is 13.2 Å². The molecule has 0 heterocycles. The van der Waals surface area contributed by atoms with Gasteiger partial charge in [0.1, 0.15) is 5.54 Å². The first-order chi connectivity index (χ1) is 15.5. The highest BCUT2D eigenvalue weighted by molar-refractivity contribution is 8.14. The summed E-state index contributed by atoms with van der Waals surface area (Å²) in [6.45, 7) is 10.3. The number of benzene rings is 1. The predicted octanol–water partition coefficient (Wildman–Crippen LogP) is 2.84. The molecule has 0 aliphatic heterocycles. The second-order valence-electron chi connectivity index (χ2n) is 8.31. The van der Waals surface area contributed by atoms with Crippen LogP contribution in [0.3, 0.4) is 0 Å². The molecule has 8 nitrogen and oxygen atoms in total. The van der Waals surface area contributed by atoms with Gasteiger partial charge in [0.05, 0.1) is 25.1 Å². The Bertz CT molecular complexity index is 799. The Morgan fingerprint density at radius 2 is 1.73 bits per heavy atom. The van der Waals surface area contributed by atoms with E-state index in [0.29, 0.717) is 6.42 Å². The van der Waals surface area contributed by atoms with E-state index in [9.17, 15) is 19.2 Å². The van der Waals surface area contributed by atoms with Crippen LogP contribution < -0.4 is 10.6 Å². The van der Waals surface area contributed by atoms with Crippen molar-refractivity contribution in [2.45, 2.75) is 71.4 Å². The summed E-state index contributed by atoms with van der Waals surface area (Å²) in [5.41, 5.74) is -0.400. The molecule has 3 atom stereocenters. The third kappa shape index (κ3) is 9.96. The topological polar surface area (TPSA) is 111 Å². The lowest BCUT2D eigenvalue weighted by Crippen LogP contribution is -2.60. The van der Waals surface area contributed by atoms with E-state index in [2.05, 4.69) is 10.6 Å². The lowest BCUT2D eigenvalue weighted by atomic mass is 10.00. The number of thioether (sulfide) groups is 1. The van der Waals surface area contributed by atoms with Gasteiger partial charge in [0.15, 0.2) is 11.2 Å². The molecular formula is C24H36N2O6S. The molecule has 2 N–H and O–H groups in total. The monoisotopic (exact) mass is 480 g/mol. The van der Waals surface area contributed by atoms with Gasteiger partial charge in [0.25, 0.3) is 0 Å². The van der Waals surface area contributed by atoms with E-state index in [4.69, 9.17) is 9.47 Å². The SMILES string of the molecule is CCOC(=O)C(COCc1ccccc1)NC(=O)C(C)(C)NC(=O)C(SC(C)=O)C(C)CC. The Kier molecular flexibility index (Phi) is 12.2. The minimum atomic E-state index is -1.33. The Labute approximate surface area is 200 Å². The molecule has 0 radical (unpaired) electrons. The second-order valence-corrected chi connectivity index (χ2v) is 9.63. The van der Waals surface area contributed by atoms with Crippen molar-refractivity contribution >= 4 is 34.7 Å². The van der Waals surface area contributed by atoms with Crippen LogP contribution in [0.25, 0.3) is 0 Å². The van der Waals surface area contributed by atoms with Crippen LogP contribution in [0.5, 0.6) is 0 Å². The zero-order chi connectivity index (χ0) is 25.0. The smallest absolute Gasteiger partial charge is 0.331 e. The van der Waals surface area contributed by atoms with Crippen LogP contribution in [0.4, 0.5) is 0 Å². The fourth-order valence-corrected chi connectivity index (χ4v) is 3.82. The van der Waals surface area contributed by atoms with Gasteiger partial charge in [-0.2, -0.15) is 0 Å². The normalized spacial score (nSPS) is 14.0. The summed E-state index contributed by atoms with van der Waals surface area (Å²) < 4.78 is 10.7. The molecule has 0 saturated carbocycles. The molecule has 3 unspecified atom stereocenters. The fourth-order valence-electron chi connectivity index (χ4n) is 2.88. The van der Waals surface area contributed by atoms with E-state index < -0.39 is 34.6 Å². The van der Waals surface area contributed by atoms with Gasteiger partial charge in [-0.1, -0.05) is 62.4 Å². The van der Waals surface area contributed by atoms with Gasteiger partial charge in [-0.3, -0.25) is 14.4 Å². The zero-order valence-electron chi connectivity index (χ0n) is 20.3. The molecule has 9 heteroatoms. The first-order valence-corrected chi connectivity index (χ1v) is 12.0. The maximum Gasteiger partial charge on any atom is 0.331 e. The number of hydrogen-bond donors (Lipinski definition) is 2. The second kappa shape index (κ2) is 14.0. The Morgan fingerprint density at radius 3 is 2.27 bits per heavy atom. The molecule has 0 saturated heterocycles. The Morgan fingerprint density at radius 1 is 1.09 bits per heavy atom. The van der Waals surface area contributed by atoms with Gasteiger partial charge >= 0.3 is 5.97 Å². The van der Waals surface area contributed by atoms with Crippen LogP contribution in [0, 0.1) is 5.92 Å². The van der Waals surface area contributed by atoms with Crippen LogP contribution in [-0.2, 0) is 35.3 Å². The van der Waals surface area contributed by atoms with E-state index in [1.165, 1.54) is 6.92 Å². The van der Waals surface area contributed by atoms with Gasteiger partial charge in [-0.05, 0) is 32.3 Å². The van der Waals surface area contributed by atoms with Crippen molar-refractivity contribution < 1.29 is 28.7 Å². The summed E-state index contributed by atoms with van der Waals surface area (Å²) in [6, 6.07) is 8.40. The van der Waals surface area contributed by atoms with Gasteiger partial charge in [-0.15, -0.1) is 0 Å². The molecule has 1 aromatic carbocycles. The van der Waals surface area contributed by atoms with Crippen molar-refractivity contribution in [2.24, 2.45) is 5.92 Å². The van der Waals surface area contributed by atoms with Crippen LogP contribution in [0.2, 0.25) is 0 Å². The van der Waals surface area contributed by atoms with E-state index in [-0.39, 0.29) is 30.9 Å². The highest BCUT2D eigenvalue weighted by Gasteiger charge is 2.36. The molecule has 1 aromatic rings. The summed E-state index contributed by atoms with van der Waals surface area (Å²) in [5, 5.41) is 4.56. The van der Waals surface area contributed by atoms with Crippen molar-refractivity contribution in [3.8, 4) is 0 Å². The van der Waals surface area contributed by atoms with Gasteiger partial charge < -0.3 is 20.1 Å². The largest absolute Gasteiger partial charge is 0.464 e. The summed E-state index contributed by atoms with van der Waals surface area (Å²) in [4.78, 5) is 49.8. The van der Waals surface area contributed by atoms with Crippen molar-refractivity contribution in [3.63, 3.8) is 0 Å². The van der Waals surface area contributed by atoms with Crippen LogP contribution >= 0.6 is 11.8 Å². The van der Waals surface area contributed by atoms with Gasteiger partial charge in [0, 0.05) is 6.92 Å². The average Bonchev–Trinajstić information content (AvgIpc) is 2.76. The standard InChI is InChI=1S/C24H36N2O6S/c1-7-16(3)20(33-17(4)27)21(28)26-24(5,6)23(30)25-19(22(29)32-8-2)15-31-14-18-12-10-9-11-13-18/h9-13,16,19-20H,7-8,14-15H2,1-6H3,(H,25,30)(H,26,28). The summed E-state index contributed by atoms with van der Waals surface area (Å²) in [7, 11) is 0. The minimum Gasteiger partial charge on any atom is -0.464 e. The van der Waals surface area contributed by atoms with Crippen LogP contribution in [0.1, 0.15) is 53.5 Å². The predicted molar refractivity (Wildman–Crippen MR) is 128 cm³/mol. The quantitative estimate of drug-likeness (QED) is 0.418. The summed E-state index contributed by atoms with van der Waals surface area (Å²) in [5.74, 6) is -1.65. The number of esters is 1. The third-order valence-corrected chi connectivity index (χ3v) is 6.25. The molecule has 0 aliphatic carbocycles. The molecule has 0 fully saturated rings. The van der Waals surface area contributed by atoms with E-state index in [0.717, 1.165) is 17.3 Å². The molecule has 0 spiro atoms. The lowest BCUT2D eigenvalue weighted by Gasteiger charge is -2.30. The molecule has 33 heavy (non-hydrogen) atoms. The Balaban J connectivity index is 2.84. The molecule has 2 amide bonds. The number of ether oxygens (including phenoxy) is 2. The lowest BCUT2D eigenvalue weighted by molar-refractivity contribution is -0.150. The highest BCUT2D eigenvalue weighted by atomic mass is 32.2. The maximum absolute atomic E-state index is 13.0. The molecule has 0 aromatic heterocycles. The third-order valence-electron chi connectivity index (χ3n) is 4.99. The zero-order valence-corrected chi connectivity index (χ0v) is 21.1. The van der Waals surface area contributed by atoms with Crippen LogP contribution in [0.15, 0.2) is 30.3 Å². The van der Waals surface area contributed by atoms with E-state index in [1.54, 1.807) is 20.8 Å². The van der Waals surface area contributed by atoms with E-state index in [1.807, 2.05) is 44.2 Å². The average molecular weight is 481 g/mol. The Hall–Kier alpha value is -2.39. The number of hydrogen-bond acceptors (Lipinski definition) is 7. The number of nitrogens with one attached hydrogen (secondary N) is 2. The fraction of sp³-hybridized carbons (Fsp3) is 0.583. The number of carbonyl (C=O) groups excluding carboxylic acids is 4. The van der Waals surface area contributed by atoms with Gasteiger partial charge in [-0.25, -0.2) is 4.79 Å². The number of amides is 2. The summed E-state index contributed by atoms with van der Waals surface area (Å²) in [6.07, 6.45) is 0.703. The van der Waals surface area contributed by atoms with E-state index >= 15 is 0 Å². The molecule has 0 bridgehead atoms. The van der Waals surface area contributed by atoms with Crippen LogP contribution in [-0.4, -0.2) is 52.9 Å². The first-order valence-electron chi connectivity index (χ1n) is 11.1. The van der Waals surface area contributed by atoms with Crippen molar-refractivity contribution in [1.82, 2.24) is 10.6 Å². The molecule has 1 rings (SSSR count). The van der Waals surface area contributed by atoms with Crippen molar-refractivity contribution in [3.05, 3.63) is 35.9 Å². The molecule has 0 aliphatic rings. The molecule has 184 valence electrons. The first kappa shape index (κ1) is 28.6. The van der Waals surface area contributed by atoms with Gasteiger partial charge in [0.2, 0.25) is 11.8 Å². The number of rotatable bonds is 13. The minimum absolute atomic E-state index is 0.0589. The maximum atomic E-state index is 13.0.